The van der Waals surface area contributed by atoms with Crippen molar-refractivity contribution in [3.8, 4) is 34.3 Å². The Labute approximate surface area is 203 Å². The van der Waals surface area contributed by atoms with E-state index in [1.54, 1.807) is 35.2 Å². The summed E-state index contributed by atoms with van der Waals surface area (Å²) in [5.41, 5.74) is 2.80. The topological polar surface area (TPSA) is 77.6 Å². The first-order valence-corrected chi connectivity index (χ1v) is 11.2. The summed E-state index contributed by atoms with van der Waals surface area (Å²) in [6.07, 6.45) is 1.58. The molecule has 0 aliphatic carbocycles. The van der Waals surface area contributed by atoms with E-state index in [4.69, 9.17) is 14.5 Å². The van der Waals surface area contributed by atoms with E-state index >= 15 is 0 Å². The zero-order chi connectivity index (χ0) is 24.8. The first-order chi connectivity index (χ1) is 17.0. The Balaban J connectivity index is 1.80. The summed E-state index contributed by atoms with van der Waals surface area (Å²) < 4.78 is 41.6. The summed E-state index contributed by atoms with van der Waals surface area (Å²) in [7, 11) is 2.89. The molecule has 1 heterocycles. The predicted octanol–water partition coefficient (Wildman–Crippen LogP) is 5.66. The Morgan fingerprint density at radius 1 is 0.971 bits per heavy atom. The van der Waals surface area contributed by atoms with Crippen LogP contribution in [-0.4, -0.2) is 36.8 Å². The van der Waals surface area contributed by atoms with Crippen molar-refractivity contribution in [2.45, 2.75) is 6.61 Å². The molecule has 0 aliphatic rings. The number of aromatic hydroxyl groups is 1. The van der Waals surface area contributed by atoms with Gasteiger partial charge in [-0.05, 0) is 48.5 Å². The maximum absolute atomic E-state index is 12.5. The normalized spacial score (nSPS) is 11.9. The second-order valence-corrected chi connectivity index (χ2v) is 7.92. The van der Waals surface area contributed by atoms with E-state index in [2.05, 4.69) is 9.84 Å². The highest BCUT2D eigenvalue weighted by Crippen LogP contribution is 2.36. The van der Waals surface area contributed by atoms with Crippen molar-refractivity contribution < 1.29 is 28.1 Å². The summed E-state index contributed by atoms with van der Waals surface area (Å²) in [6, 6.07) is 19.0. The van der Waals surface area contributed by atoms with E-state index in [9.17, 15) is 13.9 Å². The van der Waals surface area contributed by atoms with Gasteiger partial charge in [0.1, 0.15) is 5.75 Å². The lowest BCUT2D eigenvalue weighted by atomic mass is 10.2. The average Bonchev–Trinajstić information content (AvgIpc) is 3.26. The van der Waals surface area contributed by atoms with Gasteiger partial charge < -0.3 is 19.3 Å². The molecule has 0 saturated heterocycles. The molecule has 4 rings (SSSR count). The molecule has 1 N–H and O–H groups in total. The van der Waals surface area contributed by atoms with Crippen molar-refractivity contribution in [3.63, 3.8) is 0 Å². The fourth-order valence-electron chi connectivity index (χ4n) is 3.22. The third kappa shape index (κ3) is 5.67. The number of alkyl halides is 2. The quantitative estimate of drug-likeness (QED) is 0.319. The largest absolute Gasteiger partial charge is 0.502 e. The van der Waals surface area contributed by atoms with E-state index in [1.807, 2.05) is 35.7 Å². The first kappa shape index (κ1) is 24.0. The molecule has 10 heteroatoms. The Bertz CT molecular complexity index is 1360. The van der Waals surface area contributed by atoms with Gasteiger partial charge >= 0.3 is 6.61 Å². The first-order valence-electron chi connectivity index (χ1n) is 10.3. The van der Waals surface area contributed by atoms with Gasteiger partial charge in [-0.1, -0.05) is 18.2 Å². The lowest BCUT2D eigenvalue weighted by molar-refractivity contribution is -0.0498. The molecular weight excluding hydrogens is 476 g/mol. The van der Waals surface area contributed by atoms with Gasteiger partial charge in [0.15, 0.2) is 11.5 Å². The fourth-order valence-corrected chi connectivity index (χ4v) is 4.08. The molecule has 0 radical (unpaired) electrons. The monoisotopic (exact) mass is 497 g/mol. The molecule has 0 saturated carbocycles. The molecule has 3 aromatic carbocycles. The smallest absolute Gasteiger partial charge is 0.387 e. The van der Waals surface area contributed by atoms with Gasteiger partial charge in [-0.3, -0.25) is 0 Å². The number of ether oxygens (including phenoxy) is 3. The highest BCUT2D eigenvalue weighted by atomic mass is 32.1. The molecule has 0 atom stereocenters. The van der Waals surface area contributed by atoms with Crippen LogP contribution in [0.1, 0.15) is 5.56 Å². The van der Waals surface area contributed by atoms with Gasteiger partial charge in [-0.25, -0.2) is 9.67 Å². The summed E-state index contributed by atoms with van der Waals surface area (Å²) >= 11 is 1.38. The molecule has 1 aromatic heterocycles. The lowest BCUT2D eigenvalue weighted by Crippen LogP contribution is -2.11. The van der Waals surface area contributed by atoms with Gasteiger partial charge in [0.2, 0.25) is 10.6 Å². The van der Waals surface area contributed by atoms with Crippen LogP contribution in [-0.2, 0) is 0 Å². The number of rotatable bonds is 8. The average molecular weight is 498 g/mol. The van der Waals surface area contributed by atoms with Gasteiger partial charge in [-0.15, -0.1) is 11.3 Å². The van der Waals surface area contributed by atoms with Gasteiger partial charge in [0.05, 0.1) is 31.8 Å². The van der Waals surface area contributed by atoms with E-state index < -0.39 is 6.61 Å². The molecule has 0 bridgehead atoms. The van der Waals surface area contributed by atoms with E-state index in [0.717, 1.165) is 11.3 Å². The van der Waals surface area contributed by atoms with E-state index in [0.29, 0.717) is 16.1 Å². The third-order valence-corrected chi connectivity index (χ3v) is 5.68. The van der Waals surface area contributed by atoms with E-state index in [-0.39, 0.29) is 23.0 Å². The second-order valence-electron chi connectivity index (χ2n) is 7.08. The van der Waals surface area contributed by atoms with Gasteiger partial charge in [-0.2, -0.15) is 13.9 Å². The van der Waals surface area contributed by atoms with Crippen LogP contribution in [0.15, 0.2) is 82.2 Å². The van der Waals surface area contributed by atoms with Crippen LogP contribution in [0.4, 0.5) is 14.5 Å². The third-order valence-electron chi connectivity index (χ3n) is 4.87. The molecule has 0 unspecified atom stereocenters. The maximum atomic E-state index is 12.5. The zero-order valence-electron chi connectivity index (χ0n) is 18.8. The Morgan fingerprint density at radius 2 is 1.63 bits per heavy atom. The SMILES string of the molecule is COc1cc(C=Nn2c(-c3ccc(OC(F)F)cc3)csc2=Nc2ccccc2)cc(OC)c1O. The number of phenolic OH excluding ortho intramolecular Hbond substituents is 1. The van der Waals surface area contributed by atoms with Crippen molar-refractivity contribution in [2.24, 2.45) is 10.1 Å². The summed E-state index contributed by atoms with van der Waals surface area (Å²) in [4.78, 5) is 5.28. The van der Waals surface area contributed by atoms with Gasteiger partial charge in [0.25, 0.3) is 0 Å². The molecular formula is C25H21F2N3O4S. The second kappa shape index (κ2) is 10.8. The number of halogens is 2. The number of hydrogen-bond donors (Lipinski definition) is 1. The van der Waals surface area contributed by atoms with Crippen molar-refractivity contribution in [1.82, 2.24) is 4.68 Å². The Hall–Kier alpha value is -4.18. The maximum Gasteiger partial charge on any atom is 0.387 e. The fraction of sp³-hybridized carbons (Fsp3) is 0.120. The molecule has 0 spiro atoms. The number of benzene rings is 3. The number of hydrogen-bond acceptors (Lipinski definition) is 7. The molecule has 0 fully saturated rings. The number of para-hydroxylation sites is 1. The Morgan fingerprint density at radius 3 is 2.23 bits per heavy atom. The molecule has 180 valence electrons. The van der Waals surface area contributed by atoms with Crippen LogP contribution in [0, 0.1) is 0 Å². The number of phenols is 1. The van der Waals surface area contributed by atoms with Crippen molar-refractivity contribution in [2.75, 3.05) is 14.2 Å². The molecule has 35 heavy (non-hydrogen) atoms. The molecule has 0 amide bonds. The summed E-state index contributed by atoms with van der Waals surface area (Å²) in [5.74, 6) is 0.434. The molecule has 7 nitrogen and oxygen atoms in total. The lowest BCUT2D eigenvalue weighted by Gasteiger charge is -2.09. The number of aromatic nitrogens is 1. The van der Waals surface area contributed by atoms with Crippen LogP contribution < -0.4 is 19.0 Å². The summed E-state index contributed by atoms with van der Waals surface area (Å²) in [5, 5.41) is 16.7. The highest BCUT2D eigenvalue weighted by molar-refractivity contribution is 7.07. The van der Waals surface area contributed by atoms with Crippen molar-refractivity contribution >= 4 is 23.2 Å². The van der Waals surface area contributed by atoms with Crippen LogP contribution in [0.25, 0.3) is 11.3 Å². The number of nitrogens with zero attached hydrogens (tertiary/aromatic N) is 3. The molecule has 0 aliphatic heterocycles. The zero-order valence-corrected chi connectivity index (χ0v) is 19.6. The van der Waals surface area contributed by atoms with Crippen LogP contribution in [0.5, 0.6) is 23.0 Å². The van der Waals surface area contributed by atoms with Crippen LogP contribution in [0.3, 0.4) is 0 Å². The van der Waals surface area contributed by atoms with Crippen molar-refractivity contribution in [3.05, 3.63) is 82.5 Å². The van der Waals surface area contributed by atoms with Gasteiger partial charge in [0, 0.05) is 16.5 Å². The number of methoxy groups -OCH3 is 2. The highest BCUT2D eigenvalue weighted by Gasteiger charge is 2.12. The van der Waals surface area contributed by atoms with Crippen LogP contribution >= 0.6 is 11.3 Å². The minimum absolute atomic E-state index is 0.0616. The minimum Gasteiger partial charge on any atom is -0.502 e. The minimum atomic E-state index is -2.90. The van der Waals surface area contributed by atoms with E-state index in [1.165, 1.54) is 37.7 Å². The Kier molecular flexibility index (Phi) is 7.41. The van der Waals surface area contributed by atoms with Crippen molar-refractivity contribution in [1.29, 1.82) is 0 Å². The predicted molar refractivity (Wildman–Crippen MR) is 130 cm³/mol. The van der Waals surface area contributed by atoms with Crippen LogP contribution in [0.2, 0.25) is 0 Å². The summed E-state index contributed by atoms with van der Waals surface area (Å²) in [6.45, 7) is -2.90. The molecule has 4 aromatic rings. The number of thiazole rings is 1. The standard InChI is InChI=1S/C25H21F2N3O4S/c1-32-21-12-16(13-22(33-2)23(21)31)14-28-30-20(17-8-10-19(11-9-17)34-24(26)27)15-35-25(30)29-18-6-4-3-5-7-18/h3-15,24,31H,1-2H3.